The molecule has 0 aliphatic carbocycles. The fourth-order valence-electron chi connectivity index (χ4n) is 4.76. The zero-order valence-electron chi connectivity index (χ0n) is 21.7. The van der Waals surface area contributed by atoms with E-state index >= 15 is 0 Å². The maximum absolute atomic E-state index is 6.18. The Labute approximate surface area is 227 Å². The van der Waals surface area contributed by atoms with Crippen LogP contribution >= 0.6 is 0 Å². The van der Waals surface area contributed by atoms with E-state index in [1.165, 1.54) is 0 Å². The second kappa shape index (κ2) is 10.7. The van der Waals surface area contributed by atoms with Gasteiger partial charge in [0.05, 0.1) is 19.9 Å². The molecule has 6 heteroatoms. The minimum Gasteiger partial charge on any atom is -0.497 e. The average molecular weight is 514 g/mol. The van der Waals surface area contributed by atoms with E-state index in [0.29, 0.717) is 18.3 Å². The number of nitrogens with zero attached hydrogens (tertiary/aromatic N) is 3. The molecular formula is C33H27N3O3. The molecule has 2 aromatic heterocycles. The third kappa shape index (κ3) is 4.92. The van der Waals surface area contributed by atoms with Crippen LogP contribution in [-0.4, -0.2) is 29.0 Å². The molecule has 6 aromatic rings. The van der Waals surface area contributed by atoms with Gasteiger partial charge in [-0.1, -0.05) is 60.7 Å². The Balaban J connectivity index is 1.50. The lowest BCUT2D eigenvalue weighted by molar-refractivity contribution is 0.414. The maximum Gasteiger partial charge on any atom is 0.247 e. The molecule has 6 nitrogen and oxygen atoms in total. The fraction of sp³-hybridized carbons (Fsp3) is 0.0909. The van der Waals surface area contributed by atoms with Crippen LogP contribution in [0.4, 0.5) is 0 Å². The molecule has 0 aliphatic heterocycles. The third-order valence-electron chi connectivity index (χ3n) is 6.71. The summed E-state index contributed by atoms with van der Waals surface area (Å²) in [6, 6.07) is 38.8. The first-order valence-corrected chi connectivity index (χ1v) is 12.7. The van der Waals surface area contributed by atoms with Crippen molar-refractivity contribution in [3.63, 3.8) is 0 Å². The van der Waals surface area contributed by atoms with Crippen LogP contribution in [0.5, 0.6) is 11.5 Å². The van der Waals surface area contributed by atoms with Crippen LogP contribution in [-0.2, 0) is 6.54 Å². The Hall–Kier alpha value is -5.10. The molecule has 0 amide bonds. The second-order valence-electron chi connectivity index (χ2n) is 9.07. The van der Waals surface area contributed by atoms with E-state index in [-0.39, 0.29) is 0 Å². The Morgan fingerprint density at radius 3 is 1.77 bits per heavy atom. The molecule has 0 radical (unpaired) electrons. The minimum atomic E-state index is 0.404. The van der Waals surface area contributed by atoms with Gasteiger partial charge in [-0.15, -0.1) is 10.2 Å². The second-order valence-corrected chi connectivity index (χ2v) is 9.07. The number of hydrogen-bond donors (Lipinski definition) is 0. The van der Waals surface area contributed by atoms with Gasteiger partial charge in [0.15, 0.2) is 0 Å². The van der Waals surface area contributed by atoms with Crippen molar-refractivity contribution in [3.8, 4) is 56.6 Å². The van der Waals surface area contributed by atoms with Gasteiger partial charge in [0.2, 0.25) is 11.8 Å². The van der Waals surface area contributed by atoms with Crippen LogP contribution in [0.1, 0.15) is 5.89 Å². The van der Waals surface area contributed by atoms with Gasteiger partial charge in [0.25, 0.3) is 0 Å². The smallest absolute Gasteiger partial charge is 0.247 e. The van der Waals surface area contributed by atoms with Gasteiger partial charge in [0.1, 0.15) is 18.0 Å². The van der Waals surface area contributed by atoms with Crippen molar-refractivity contribution in [2.75, 3.05) is 14.2 Å². The monoisotopic (exact) mass is 513 g/mol. The molecule has 192 valence electrons. The molecule has 0 spiro atoms. The van der Waals surface area contributed by atoms with Crippen LogP contribution in [0.2, 0.25) is 0 Å². The highest BCUT2D eigenvalue weighted by Crippen LogP contribution is 2.40. The molecule has 0 atom stereocenters. The summed E-state index contributed by atoms with van der Waals surface area (Å²) in [5, 5.41) is 8.76. The van der Waals surface area contributed by atoms with E-state index in [0.717, 1.165) is 50.7 Å². The van der Waals surface area contributed by atoms with Crippen molar-refractivity contribution in [2.24, 2.45) is 0 Å². The first-order valence-electron chi connectivity index (χ1n) is 12.7. The largest absolute Gasteiger partial charge is 0.497 e. The zero-order valence-corrected chi connectivity index (χ0v) is 21.7. The molecule has 0 bridgehead atoms. The highest BCUT2D eigenvalue weighted by atomic mass is 16.5. The predicted molar refractivity (Wildman–Crippen MR) is 153 cm³/mol. The van der Waals surface area contributed by atoms with Crippen LogP contribution in [0, 0.1) is 0 Å². The molecule has 2 heterocycles. The molecule has 0 saturated heterocycles. The summed E-state index contributed by atoms with van der Waals surface area (Å²) < 4.78 is 19.1. The lowest BCUT2D eigenvalue weighted by atomic mass is 10.0. The SMILES string of the molecule is COc1ccc(-c2nnc(Cn3c(-c4ccc(OC)cc4)cc(-c4ccccc4)c3-c3ccccc3)o2)cc1. The lowest BCUT2D eigenvalue weighted by Crippen LogP contribution is -2.05. The number of aromatic nitrogens is 3. The number of methoxy groups -OCH3 is 2. The summed E-state index contributed by atoms with van der Waals surface area (Å²) in [5.74, 6) is 2.57. The van der Waals surface area contributed by atoms with E-state index in [1.807, 2.05) is 48.5 Å². The van der Waals surface area contributed by atoms with Gasteiger partial charge < -0.3 is 18.5 Å². The number of benzene rings is 4. The predicted octanol–water partition coefficient (Wildman–Crippen LogP) is 7.60. The van der Waals surface area contributed by atoms with Crippen molar-refractivity contribution in [2.45, 2.75) is 6.54 Å². The fourth-order valence-corrected chi connectivity index (χ4v) is 4.76. The molecular weight excluding hydrogens is 486 g/mol. The Kier molecular flexibility index (Phi) is 6.66. The van der Waals surface area contributed by atoms with Gasteiger partial charge in [0, 0.05) is 16.8 Å². The molecule has 39 heavy (non-hydrogen) atoms. The van der Waals surface area contributed by atoms with Crippen LogP contribution in [0.25, 0.3) is 45.1 Å². The molecule has 0 N–H and O–H groups in total. The normalized spacial score (nSPS) is 10.9. The molecule has 0 fully saturated rings. The lowest BCUT2D eigenvalue weighted by Gasteiger charge is -2.14. The topological polar surface area (TPSA) is 62.3 Å². The number of rotatable bonds is 8. The van der Waals surface area contributed by atoms with Gasteiger partial charge in [-0.25, -0.2) is 0 Å². The number of ether oxygens (including phenoxy) is 2. The van der Waals surface area contributed by atoms with E-state index in [4.69, 9.17) is 13.9 Å². The standard InChI is InChI=1S/C33H27N3O3/c1-37-27-17-13-24(14-18-27)30-21-29(23-9-5-3-6-10-23)32(25-11-7-4-8-12-25)36(30)22-31-34-35-33(39-31)26-15-19-28(38-2)20-16-26/h3-21H,22H2,1-2H3. The van der Waals surface area contributed by atoms with Gasteiger partial charge in [-0.3, -0.25) is 0 Å². The molecule has 0 unspecified atom stereocenters. The summed E-state index contributed by atoms with van der Waals surface area (Å²) >= 11 is 0. The van der Waals surface area contributed by atoms with Crippen molar-refractivity contribution < 1.29 is 13.9 Å². The Bertz CT molecular complexity index is 1670. The third-order valence-corrected chi connectivity index (χ3v) is 6.71. The minimum absolute atomic E-state index is 0.404. The molecule has 0 aliphatic rings. The van der Waals surface area contributed by atoms with Crippen molar-refractivity contribution in [1.29, 1.82) is 0 Å². The van der Waals surface area contributed by atoms with Crippen molar-refractivity contribution >= 4 is 0 Å². The first kappa shape index (κ1) is 24.2. The van der Waals surface area contributed by atoms with E-state index < -0.39 is 0 Å². The first-order chi connectivity index (χ1) is 19.2. The molecule has 4 aromatic carbocycles. The summed E-state index contributed by atoms with van der Waals surface area (Å²) in [4.78, 5) is 0. The summed E-state index contributed by atoms with van der Waals surface area (Å²) in [6.07, 6.45) is 0. The average Bonchev–Trinajstić information content (AvgIpc) is 3.63. The van der Waals surface area contributed by atoms with E-state index in [1.54, 1.807) is 14.2 Å². The molecule has 0 saturated carbocycles. The quantitative estimate of drug-likeness (QED) is 0.210. The molecule has 6 rings (SSSR count). The van der Waals surface area contributed by atoms with Gasteiger partial charge >= 0.3 is 0 Å². The van der Waals surface area contributed by atoms with Crippen molar-refractivity contribution in [3.05, 3.63) is 121 Å². The van der Waals surface area contributed by atoms with Crippen LogP contribution in [0.15, 0.2) is 120 Å². The summed E-state index contributed by atoms with van der Waals surface area (Å²) in [5.41, 5.74) is 7.38. The van der Waals surface area contributed by atoms with Gasteiger partial charge in [-0.05, 0) is 71.3 Å². The Morgan fingerprint density at radius 1 is 0.615 bits per heavy atom. The zero-order chi connectivity index (χ0) is 26.6. The van der Waals surface area contributed by atoms with Crippen LogP contribution < -0.4 is 9.47 Å². The van der Waals surface area contributed by atoms with Crippen molar-refractivity contribution in [1.82, 2.24) is 14.8 Å². The van der Waals surface area contributed by atoms with E-state index in [2.05, 4.69) is 81.5 Å². The van der Waals surface area contributed by atoms with E-state index in [9.17, 15) is 0 Å². The summed E-state index contributed by atoms with van der Waals surface area (Å²) in [7, 11) is 3.32. The maximum atomic E-state index is 6.18. The number of hydrogen-bond acceptors (Lipinski definition) is 5. The Morgan fingerprint density at radius 2 is 1.18 bits per heavy atom. The van der Waals surface area contributed by atoms with Crippen LogP contribution in [0.3, 0.4) is 0 Å². The highest BCUT2D eigenvalue weighted by molar-refractivity contribution is 5.87. The summed E-state index contributed by atoms with van der Waals surface area (Å²) in [6.45, 7) is 0.404. The highest BCUT2D eigenvalue weighted by Gasteiger charge is 2.21. The van der Waals surface area contributed by atoms with Gasteiger partial charge in [-0.2, -0.15) is 0 Å².